The van der Waals surface area contributed by atoms with Crippen LogP contribution in [-0.2, 0) is 0 Å². The fraction of sp³-hybridized carbons (Fsp3) is 0.600. The Hall–Kier alpha value is -1.36. The molecule has 2 heterocycles. The molecule has 0 bridgehead atoms. The van der Waals surface area contributed by atoms with Crippen molar-refractivity contribution in [1.82, 2.24) is 20.8 Å². The second-order valence-corrected chi connectivity index (χ2v) is 3.81. The first-order valence-electron chi connectivity index (χ1n) is 5.29. The Bertz CT molecular complexity index is 341. The summed E-state index contributed by atoms with van der Waals surface area (Å²) in [4.78, 5) is 11.3. The zero-order valence-electron chi connectivity index (χ0n) is 8.84. The predicted octanol–water partition coefficient (Wildman–Crippen LogP) is 0.236. The highest BCUT2D eigenvalue weighted by atomic mass is 16.1. The minimum atomic E-state index is -0.133. The van der Waals surface area contributed by atoms with Gasteiger partial charge in [0.25, 0.3) is 5.91 Å². The number of nitrogens with one attached hydrogen (secondary N) is 3. The molecular formula is C10H16N4O. The maximum atomic E-state index is 11.3. The van der Waals surface area contributed by atoms with E-state index >= 15 is 0 Å². The third-order valence-electron chi connectivity index (χ3n) is 2.84. The van der Waals surface area contributed by atoms with Crippen molar-refractivity contribution in [3.05, 3.63) is 17.5 Å². The minimum Gasteiger partial charge on any atom is -0.354 e. The molecule has 1 amide bonds. The molecule has 15 heavy (non-hydrogen) atoms. The highest BCUT2D eigenvalue weighted by Crippen LogP contribution is 2.23. The fourth-order valence-electron chi connectivity index (χ4n) is 1.92. The normalized spacial score (nSPS) is 17.7. The van der Waals surface area contributed by atoms with Gasteiger partial charge >= 0.3 is 0 Å². The number of aromatic amines is 1. The molecule has 5 heteroatoms. The number of nitrogens with zero attached hydrogens (tertiary/aromatic N) is 1. The third-order valence-corrected chi connectivity index (χ3v) is 2.84. The molecule has 1 aromatic rings. The lowest BCUT2D eigenvalue weighted by molar-refractivity contribution is 0.0958. The summed E-state index contributed by atoms with van der Waals surface area (Å²) in [7, 11) is 1.61. The van der Waals surface area contributed by atoms with Gasteiger partial charge in [0, 0.05) is 18.7 Å². The molecule has 1 aliphatic rings. The number of hydrogen-bond donors (Lipinski definition) is 3. The Labute approximate surface area is 88.6 Å². The van der Waals surface area contributed by atoms with Gasteiger partial charge in [-0.2, -0.15) is 5.10 Å². The summed E-state index contributed by atoms with van der Waals surface area (Å²) >= 11 is 0. The number of amides is 1. The van der Waals surface area contributed by atoms with E-state index in [0.29, 0.717) is 11.6 Å². The van der Waals surface area contributed by atoms with Crippen LogP contribution < -0.4 is 10.6 Å². The first kappa shape index (κ1) is 10.2. The van der Waals surface area contributed by atoms with Gasteiger partial charge in [0.2, 0.25) is 0 Å². The van der Waals surface area contributed by atoms with Crippen molar-refractivity contribution in [1.29, 1.82) is 0 Å². The van der Waals surface area contributed by atoms with Gasteiger partial charge in [-0.1, -0.05) is 0 Å². The molecule has 3 N–H and O–H groups in total. The monoisotopic (exact) mass is 208 g/mol. The van der Waals surface area contributed by atoms with Crippen molar-refractivity contribution in [3.8, 4) is 0 Å². The fourth-order valence-corrected chi connectivity index (χ4v) is 1.92. The Balaban J connectivity index is 2.08. The highest BCUT2D eigenvalue weighted by molar-refractivity contribution is 5.92. The van der Waals surface area contributed by atoms with E-state index in [1.165, 1.54) is 0 Å². The number of hydrogen-bond acceptors (Lipinski definition) is 3. The lowest BCUT2D eigenvalue weighted by Gasteiger charge is -2.20. The summed E-state index contributed by atoms with van der Waals surface area (Å²) in [6.07, 6.45) is 2.21. The van der Waals surface area contributed by atoms with E-state index in [0.717, 1.165) is 31.6 Å². The molecule has 0 aromatic carbocycles. The van der Waals surface area contributed by atoms with E-state index in [9.17, 15) is 4.79 Å². The SMILES string of the molecule is CNC(=O)c1cc(C2CCNCC2)[nH]n1. The second kappa shape index (κ2) is 4.44. The van der Waals surface area contributed by atoms with Gasteiger partial charge in [0.15, 0.2) is 0 Å². The van der Waals surface area contributed by atoms with Crippen molar-refractivity contribution in [2.45, 2.75) is 18.8 Å². The predicted molar refractivity (Wildman–Crippen MR) is 56.8 cm³/mol. The quantitative estimate of drug-likeness (QED) is 0.652. The lowest BCUT2D eigenvalue weighted by atomic mass is 9.94. The van der Waals surface area contributed by atoms with Crippen LogP contribution in [0.25, 0.3) is 0 Å². The Kier molecular flexibility index (Phi) is 3.01. The van der Waals surface area contributed by atoms with Crippen molar-refractivity contribution >= 4 is 5.91 Å². The summed E-state index contributed by atoms with van der Waals surface area (Å²) in [5.74, 6) is 0.378. The van der Waals surface area contributed by atoms with Gasteiger partial charge in [-0.05, 0) is 32.0 Å². The summed E-state index contributed by atoms with van der Waals surface area (Å²) in [6, 6.07) is 1.86. The maximum Gasteiger partial charge on any atom is 0.271 e. The average molecular weight is 208 g/mol. The van der Waals surface area contributed by atoms with E-state index in [2.05, 4.69) is 20.8 Å². The second-order valence-electron chi connectivity index (χ2n) is 3.81. The van der Waals surface area contributed by atoms with Gasteiger partial charge in [-0.3, -0.25) is 9.89 Å². The van der Waals surface area contributed by atoms with Crippen molar-refractivity contribution in [2.24, 2.45) is 0 Å². The molecule has 0 radical (unpaired) electrons. The molecule has 0 atom stereocenters. The van der Waals surface area contributed by atoms with Crippen LogP contribution in [0.1, 0.15) is 34.9 Å². The highest BCUT2D eigenvalue weighted by Gasteiger charge is 2.18. The van der Waals surface area contributed by atoms with Crippen molar-refractivity contribution < 1.29 is 4.79 Å². The van der Waals surface area contributed by atoms with E-state index in [1.54, 1.807) is 7.05 Å². The van der Waals surface area contributed by atoms with Gasteiger partial charge in [0.05, 0.1) is 0 Å². The molecule has 1 aliphatic heterocycles. The van der Waals surface area contributed by atoms with Gasteiger partial charge in [-0.25, -0.2) is 0 Å². The Morgan fingerprint density at radius 2 is 2.27 bits per heavy atom. The van der Waals surface area contributed by atoms with E-state index in [1.807, 2.05) is 6.07 Å². The lowest BCUT2D eigenvalue weighted by Crippen LogP contribution is -2.26. The molecule has 0 unspecified atom stereocenters. The summed E-state index contributed by atoms with van der Waals surface area (Å²) in [6.45, 7) is 2.08. The van der Waals surface area contributed by atoms with Gasteiger partial charge in [0.1, 0.15) is 5.69 Å². The molecule has 1 fully saturated rings. The van der Waals surface area contributed by atoms with Crippen molar-refractivity contribution in [2.75, 3.05) is 20.1 Å². The molecule has 0 aliphatic carbocycles. The van der Waals surface area contributed by atoms with Crippen LogP contribution in [0, 0.1) is 0 Å². The molecular weight excluding hydrogens is 192 g/mol. The zero-order valence-corrected chi connectivity index (χ0v) is 8.84. The smallest absolute Gasteiger partial charge is 0.271 e. The van der Waals surface area contributed by atoms with Crippen LogP contribution >= 0.6 is 0 Å². The first-order valence-corrected chi connectivity index (χ1v) is 5.29. The van der Waals surface area contributed by atoms with Crippen LogP contribution in [0.4, 0.5) is 0 Å². The minimum absolute atomic E-state index is 0.133. The molecule has 2 rings (SSSR count). The number of carbonyl (C=O) groups excluding carboxylic acids is 1. The van der Waals surface area contributed by atoms with Gasteiger partial charge in [-0.15, -0.1) is 0 Å². The number of rotatable bonds is 2. The number of aromatic nitrogens is 2. The number of carbonyl (C=O) groups is 1. The number of piperidine rings is 1. The van der Waals surface area contributed by atoms with Crippen molar-refractivity contribution in [3.63, 3.8) is 0 Å². The van der Waals surface area contributed by atoms with Crippen LogP contribution in [0.15, 0.2) is 6.07 Å². The third kappa shape index (κ3) is 2.18. The maximum absolute atomic E-state index is 11.3. The Morgan fingerprint density at radius 3 is 2.93 bits per heavy atom. The van der Waals surface area contributed by atoms with Crippen LogP contribution in [0.3, 0.4) is 0 Å². The van der Waals surface area contributed by atoms with E-state index < -0.39 is 0 Å². The van der Waals surface area contributed by atoms with Crippen LogP contribution in [-0.4, -0.2) is 36.2 Å². The summed E-state index contributed by atoms with van der Waals surface area (Å²) in [5, 5.41) is 12.8. The molecule has 1 aromatic heterocycles. The average Bonchev–Trinajstić information content (AvgIpc) is 2.78. The zero-order chi connectivity index (χ0) is 10.7. The number of H-pyrrole nitrogens is 1. The summed E-state index contributed by atoms with van der Waals surface area (Å²) < 4.78 is 0. The topological polar surface area (TPSA) is 69.8 Å². The molecule has 5 nitrogen and oxygen atoms in total. The van der Waals surface area contributed by atoms with E-state index in [4.69, 9.17) is 0 Å². The summed E-state index contributed by atoms with van der Waals surface area (Å²) in [5.41, 5.74) is 1.56. The molecule has 0 saturated carbocycles. The van der Waals surface area contributed by atoms with E-state index in [-0.39, 0.29) is 5.91 Å². The molecule has 1 saturated heterocycles. The first-order chi connectivity index (χ1) is 7.31. The van der Waals surface area contributed by atoms with Crippen LogP contribution in [0.2, 0.25) is 0 Å². The molecule has 82 valence electrons. The Morgan fingerprint density at radius 1 is 1.53 bits per heavy atom. The van der Waals surface area contributed by atoms with Gasteiger partial charge < -0.3 is 10.6 Å². The standard InChI is InChI=1S/C10H16N4O/c1-11-10(15)9-6-8(13-14-9)7-2-4-12-5-3-7/h6-7,12H,2-5H2,1H3,(H,11,15)(H,13,14). The van der Waals surface area contributed by atoms with Crippen LogP contribution in [0.5, 0.6) is 0 Å². The largest absolute Gasteiger partial charge is 0.354 e. The molecule has 0 spiro atoms.